The number of benzene rings is 1. The molecule has 92 valence electrons. The van der Waals surface area contributed by atoms with Gasteiger partial charge >= 0.3 is 0 Å². The van der Waals surface area contributed by atoms with Crippen molar-refractivity contribution in [3.63, 3.8) is 0 Å². The Hall–Kier alpha value is -1.34. The van der Waals surface area contributed by atoms with Crippen LogP contribution in [0.3, 0.4) is 0 Å². The van der Waals surface area contributed by atoms with Gasteiger partial charge in [0.1, 0.15) is 0 Å². The van der Waals surface area contributed by atoms with E-state index in [1.165, 1.54) is 24.8 Å². The van der Waals surface area contributed by atoms with E-state index in [1.54, 1.807) is 0 Å². The lowest BCUT2D eigenvalue weighted by molar-refractivity contribution is 0.194. The van der Waals surface area contributed by atoms with Gasteiger partial charge in [-0.15, -0.1) is 0 Å². The van der Waals surface area contributed by atoms with Crippen molar-refractivity contribution in [2.75, 3.05) is 13.2 Å². The van der Waals surface area contributed by atoms with Crippen LogP contribution < -0.4 is 0 Å². The normalized spacial score (nSPS) is 11.6. The smallest absolute Gasteiger partial charge is 0.0654 e. The van der Waals surface area contributed by atoms with E-state index >= 15 is 0 Å². The molecule has 0 aliphatic rings. The second-order valence-electron chi connectivity index (χ2n) is 3.96. The van der Waals surface area contributed by atoms with Crippen molar-refractivity contribution in [2.45, 2.75) is 26.2 Å². The Morgan fingerprint density at radius 3 is 2.53 bits per heavy atom. The van der Waals surface area contributed by atoms with Crippen LogP contribution in [-0.4, -0.2) is 13.2 Å². The Balaban J connectivity index is 2.04. The van der Waals surface area contributed by atoms with Gasteiger partial charge in [0.2, 0.25) is 0 Å². The lowest BCUT2D eigenvalue weighted by Crippen LogP contribution is -1.90. The molecule has 0 spiro atoms. The number of ether oxygens (including phenoxy) is 1. The molecule has 1 rings (SSSR count). The summed E-state index contributed by atoms with van der Waals surface area (Å²) in [6.07, 6.45) is 12.1. The third-order valence-corrected chi connectivity index (χ3v) is 2.43. The molecule has 0 aliphatic carbocycles. The van der Waals surface area contributed by atoms with Gasteiger partial charge in [0.05, 0.1) is 13.2 Å². The minimum atomic E-state index is 0.674. The van der Waals surface area contributed by atoms with E-state index in [0.29, 0.717) is 13.2 Å². The van der Waals surface area contributed by atoms with Crippen LogP contribution in [0.4, 0.5) is 0 Å². The minimum Gasteiger partial charge on any atom is -0.373 e. The first-order valence-corrected chi connectivity index (χ1v) is 6.38. The number of rotatable bonds is 8. The molecule has 0 bridgehead atoms. The van der Waals surface area contributed by atoms with Gasteiger partial charge in [-0.25, -0.2) is 0 Å². The second-order valence-corrected chi connectivity index (χ2v) is 3.96. The van der Waals surface area contributed by atoms with Gasteiger partial charge in [-0.3, -0.25) is 0 Å². The SMILES string of the molecule is CCCC/C=C/COC/C=C/c1ccccc1. The van der Waals surface area contributed by atoms with Crippen molar-refractivity contribution in [3.05, 3.63) is 54.1 Å². The van der Waals surface area contributed by atoms with E-state index in [0.717, 1.165) is 0 Å². The van der Waals surface area contributed by atoms with Crippen LogP contribution in [0, 0.1) is 0 Å². The molecule has 1 aromatic rings. The van der Waals surface area contributed by atoms with Gasteiger partial charge in [0, 0.05) is 0 Å². The van der Waals surface area contributed by atoms with E-state index in [4.69, 9.17) is 4.74 Å². The fourth-order valence-corrected chi connectivity index (χ4v) is 1.46. The molecule has 0 N–H and O–H groups in total. The topological polar surface area (TPSA) is 9.23 Å². The summed E-state index contributed by atoms with van der Waals surface area (Å²) >= 11 is 0. The van der Waals surface area contributed by atoms with Crippen LogP contribution in [0.15, 0.2) is 48.6 Å². The van der Waals surface area contributed by atoms with Gasteiger partial charge in [-0.2, -0.15) is 0 Å². The van der Waals surface area contributed by atoms with Gasteiger partial charge in [0.15, 0.2) is 0 Å². The van der Waals surface area contributed by atoms with Gasteiger partial charge < -0.3 is 4.74 Å². The molecule has 0 heterocycles. The molecule has 0 radical (unpaired) electrons. The molecule has 1 aromatic carbocycles. The summed E-state index contributed by atoms with van der Waals surface area (Å²) in [5, 5.41) is 0. The van der Waals surface area contributed by atoms with E-state index in [2.05, 4.69) is 43.4 Å². The van der Waals surface area contributed by atoms with Crippen molar-refractivity contribution in [1.29, 1.82) is 0 Å². The monoisotopic (exact) mass is 230 g/mol. The first-order chi connectivity index (χ1) is 8.43. The largest absolute Gasteiger partial charge is 0.373 e. The highest BCUT2D eigenvalue weighted by molar-refractivity contribution is 5.48. The van der Waals surface area contributed by atoms with Crippen LogP contribution in [0.25, 0.3) is 6.08 Å². The average Bonchev–Trinajstić information content (AvgIpc) is 2.38. The van der Waals surface area contributed by atoms with Crippen molar-refractivity contribution in [2.24, 2.45) is 0 Å². The van der Waals surface area contributed by atoms with Gasteiger partial charge in [-0.1, -0.05) is 74.4 Å². The summed E-state index contributed by atoms with van der Waals surface area (Å²) in [4.78, 5) is 0. The van der Waals surface area contributed by atoms with Crippen LogP contribution in [-0.2, 0) is 4.74 Å². The summed E-state index contributed by atoms with van der Waals surface area (Å²) in [5.41, 5.74) is 1.22. The molecule has 17 heavy (non-hydrogen) atoms. The first-order valence-electron chi connectivity index (χ1n) is 6.38. The summed E-state index contributed by atoms with van der Waals surface area (Å²) in [6.45, 7) is 3.59. The lowest BCUT2D eigenvalue weighted by atomic mass is 10.2. The zero-order valence-corrected chi connectivity index (χ0v) is 10.6. The predicted octanol–water partition coefficient (Wildman–Crippen LogP) is 4.46. The minimum absolute atomic E-state index is 0.674. The van der Waals surface area contributed by atoms with E-state index in [-0.39, 0.29) is 0 Å². The van der Waals surface area contributed by atoms with E-state index < -0.39 is 0 Å². The van der Waals surface area contributed by atoms with Crippen molar-refractivity contribution in [1.82, 2.24) is 0 Å². The van der Waals surface area contributed by atoms with Crippen LogP contribution >= 0.6 is 0 Å². The van der Waals surface area contributed by atoms with Gasteiger partial charge in [-0.05, 0) is 12.0 Å². The Kier molecular flexibility index (Phi) is 7.96. The number of hydrogen-bond donors (Lipinski definition) is 0. The molecule has 0 fully saturated rings. The third-order valence-electron chi connectivity index (χ3n) is 2.43. The Bertz CT molecular complexity index is 325. The fraction of sp³-hybridized carbons (Fsp3) is 0.375. The quantitative estimate of drug-likeness (QED) is 0.473. The Labute approximate surface area is 105 Å². The highest BCUT2D eigenvalue weighted by atomic mass is 16.5. The molecular weight excluding hydrogens is 208 g/mol. The zero-order valence-electron chi connectivity index (χ0n) is 10.6. The molecule has 0 amide bonds. The van der Waals surface area contributed by atoms with Crippen molar-refractivity contribution in [3.8, 4) is 0 Å². The van der Waals surface area contributed by atoms with Crippen molar-refractivity contribution >= 4 is 6.08 Å². The summed E-state index contributed by atoms with van der Waals surface area (Å²) in [7, 11) is 0. The molecule has 0 aromatic heterocycles. The van der Waals surface area contributed by atoms with E-state index in [9.17, 15) is 0 Å². The maximum absolute atomic E-state index is 5.46. The molecule has 0 aliphatic heterocycles. The van der Waals surface area contributed by atoms with Crippen LogP contribution in [0.2, 0.25) is 0 Å². The zero-order chi connectivity index (χ0) is 12.2. The van der Waals surface area contributed by atoms with Crippen LogP contribution in [0.1, 0.15) is 31.7 Å². The average molecular weight is 230 g/mol. The maximum atomic E-state index is 5.46. The highest BCUT2D eigenvalue weighted by Gasteiger charge is 1.83. The summed E-state index contributed by atoms with van der Waals surface area (Å²) in [6, 6.07) is 10.3. The molecule has 0 unspecified atom stereocenters. The third kappa shape index (κ3) is 7.53. The van der Waals surface area contributed by atoms with Crippen LogP contribution in [0.5, 0.6) is 0 Å². The number of allylic oxidation sites excluding steroid dienone is 1. The van der Waals surface area contributed by atoms with Crippen molar-refractivity contribution < 1.29 is 4.74 Å². The molecule has 0 atom stereocenters. The highest BCUT2D eigenvalue weighted by Crippen LogP contribution is 2.00. The number of hydrogen-bond acceptors (Lipinski definition) is 1. The Morgan fingerprint density at radius 2 is 1.76 bits per heavy atom. The molecule has 0 saturated carbocycles. The summed E-state index contributed by atoms with van der Waals surface area (Å²) < 4.78 is 5.46. The molecule has 1 nitrogen and oxygen atoms in total. The predicted molar refractivity (Wildman–Crippen MR) is 75.0 cm³/mol. The molecule has 1 heteroatoms. The Morgan fingerprint density at radius 1 is 1.00 bits per heavy atom. The second kappa shape index (κ2) is 9.86. The summed E-state index contributed by atoms with van der Waals surface area (Å²) in [5.74, 6) is 0. The standard InChI is InChI=1S/C16H22O/c1-2-3-4-5-9-14-17-15-10-13-16-11-7-6-8-12-16/h5-13H,2-4,14-15H2,1H3/b9-5+,13-10+. The number of unbranched alkanes of at least 4 members (excludes halogenated alkanes) is 2. The van der Waals surface area contributed by atoms with Gasteiger partial charge in [0.25, 0.3) is 0 Å². The molecular formula is C16H22O. The molecule has 0 saturated heterocycles. The van der Waals surface area contributed by atoms with E-state index in [1.807, 2.05) is 18.2 Å². The maximum Gasteiger partial charge on any atom is 0.0654 e. The first kappa shape index (κ1) is 13.7. The lowest BCUT2D eigenvalue weighted by Gasteiger charge is -1.95. The fourth-order valence-electron chi connectivity index (χ4n) is 1.46.